The molecule has 1 fully saturated rings. The van der Waals surface area contributed by atoms with Crippen molar-refractivity contribution < 1.29 is 14.3 Å². The fraction of sp³-hybridized carbons (Fsp3) is 0.381. The number of hydrogen-bond acceptors (Lipinski definition) is 3. The molecule has 0 bridgehead atoms. The lowest BCUT2D eigenvalue weighted by Crippen LogP contribution is -2.43. The van der Waals surface area contributed by atoms with Gasteiger partial charge in [-0.05, 0) is 68.7 Å². The van der Waals surface area contributed by atoms with E-state index < -0.39 is 0 Å². The average molecular weight is 418 g/mol. The summed E-state index contributed by atoms with van der Waals surface area (Å²) in [7, 11) is 0. The molecule has 1 saturated carbocycles. The first-order valence-corrected chi connectivity index (χ1v) is 9.74. The molecule has 1 atom stereocenters. The standard InChI is InChI=1S/C21H24BrNO3/c1-3-25-18-8-10-19(11-9-18)26-14-20(24)23-15(2)21(12-13-21)16-4-6-17(22)7-5-16/h4-11,15H,3,12-14H2,1-2H3,(H,23,24). The molecule has 2 aromatic carbocycles. The first-order valence-electron chi connectivity index (χ1n) is 8.94. The van der Waals surface area contributed by atoms with E-state index in [0.717, 1.165) is 23.1 Å². The third-order valence-corrected chi connectivity index (χ3v) is 5.45. The van der Waals surface area contributed by atoms with Gasteiger partial charge in [-0.2, -0.15) is 0 Å². The van der Waals surface area contributed by atoms with Crippen LogP contribution in [0.5, 0.6) is 11.5 Å². The molecule has 0 spiro atoms. The minimum atomic E-state index is -0.102. The van der Waals surface area contributed by atoms with E-state index in [1.807, 2.05) is 31.2 Å². The van der Waals surface area contributed by atoms with Crippen LogP contribution in [0.1, 0.15) is 32.3 Å². The van der Waals surface area contributed by atoms with Crippen molar-refractivity contribution in [1.82, 2.24) is 5.32 Å². The van der Waals surface area contributed by atoms with Crippen LogP contribution in [0, 0.1) is 0 Å². The van der Waals surface area contributed by atoms with Gasteiger partial charge in [0.25, 0.3) is 5.91 Å². The number of nitrogens with one attached hydrogen (secondary N) is 1. The van der Waals surface area contributed by atoms with Gasteiger partial charge >= 0.3 is 0 Å². The number of benzene rings is 2. The molecule has 1 unspecified atom stereocenters. The fourth-order valence-electron chi connectivity index (χ4n) is 3.26. The highest BCUT2D eigenvalue weighted by atomic mass is 79.9. The Morgan fingerprint density at radius 3 is 2.19 bits per heavy atom. The van der Waals surface area contributed by atoms with Gasteiger partial charge in [0.2, 0.25) is 0 Å². The molecule has 1 amide bonds. The van der Waals surface area contributed by atoms with Gasteiger partial charge in [0.1, 0.15) is 11.5 Å². The Balaban J connectivity index is 1.52. The summed E-state index contributed by atoms with van der Waals surface area (Å²) in [6.45, 7) is 4.65. The maximum absolute atomic E-state index is 12.3. The second kappa shape index (κ2) is 8.12. The van der Waals surface area contributed by atoms with Crippen molar-refractivity contribution in [2.45, 2.75) is 38.1 Å². The first kappa shape index (κ1) is 18.8. The van der Waals surface area contributed by atoms with Crippen molar-refractivity contribution in [3.05, 3.63) is 58.6 Å². The normalized spacial score (nSPS) is 15.8. The highest BCUT2D eigenvalue weighted by Gasteiger charge is 2.49. The van der Waals surface area contributed by atoms with Crippen LogP contribution in [0.15, 0.2) is 53.0 Å². The van der Waals surface area contributed by atoms with E-state index in [4.69, 9.17) is 9.47 Å². The lowest BCUT2D eigenvalue weighted by molar-refractivity contribution is -0.123. The topological polar surface area (TPSA) is 47.6 Å². The monoisotopic (exact) mass is 417 g/mol. The molecular formula is C21H24BrNO3. The molecule has 0 aromatic heterocycles. The van der Waals surface area contributed by atoms with Gasteiger partial charge in [0, 0.05) is 15.9 Å². The molecule has 1 N–H and O–H groups in total. The Kier molecular flexibility index (Phi) is 5.87. The van der Waals surface area contributed by atoms with Crippen molar-refractivity contribution in [2.24, 2.45) is 0 Å². The van der Waals surface area contributed by atoms with Crippen molar-refractivity contribution in [2.75, 3.05) is 13.2 Å². The average Bonchev–Trinajstić information content (AvgIpc) is 3.44. The number of carbonyl (C=O) groups excluding carboxylic acids is 1. The van der Waals surface area contributed by atoms with Crippen molar-refractivity contribution in [3.8, 4) is 11.5 Å². The van der Waals surface area contributed by atoms with Crippen molar-refractivity contribution in [1.29, 1.82) is 0 Å². The molecule has 1 aliphatic carbocycles. The predicted octanol–water partition coefficient (Wildman–Crippen LogP) is 4.46. The molecule has 0 saturated heterocycles. The third-order valence-electron chi connectivity index (χ3n) is 4.92. The van der Waals surface area contributed by atoms with E-state index in [1.54, 1.807) is 0 Å². The number of halogens is 1. The molecular weight excluding hydrogens is 394 g/mol. The second-order valence-electron chi connectivity index (χ2n) is 6.65. The Labute approximate surface area is 163 Å². The van der Waals surface area contributed by atoms with Crippen molar-refractivity contribution in [3.63, 3.8) is 0 Å². The summed E-state index contributed by atoms with van der Waals surface area (Å²) in [5, 5.41) is 3.10. The van der Waals surface area contributed by atoms with Crippen LogP contribution in [-0.2, 0) is 10.2 Å². The maximum atomic E-state index is 12.3. The highest BCUT2D eigenvalue weighted by Crippen LogP contribution is 2.51. The van der Waals surface area contributed by atoms with Gasteiger partial charge in [0.05, 0.1) is 6.61 Å². The Hall–Kier alpha value is -2.01. The van der Waals surface area contributed by atoms with Gasteiger partial charge in [0.15, 0.2) is 6.61 Å². The molecule has 5 heteroatoms. The Morgan fingerprint density at radius 1 is 1.08 bits per heavy atom. The smallest absolute Gasteiger partial charge is 0.258 e. The van der Waals surface area contributed by atoms with Crippen LogP contribution in [0.3, 0.4) is 0 Å². The van der Waals surface area contributed by atoms with E-state index in [0.29, 0.717) is 12.4 Å². The lowest BCUT2D eigenvalue weighted by atomic mass is 9.89. The molecule has 0 radical (unpaired) electrons. The summed E-state index contributed by atoms with van der Waals surface area (Å²) in [4.78, 5) is 12.3. The predicted molar refractivity (Wildman–Crippen MR) is 106 cm³/mol. The Bertz CT molecular complexity index is 739. The summed E-state index contributed by atoms with van der Waals surface area (Å²) < 4.78 is 12.0. The van der Waals surface area contributed by atoms with Crippen LogP contribution in [-0.4, -0.2) is 25.2 Å². The van der Waals surface area contributed by atoms with Gasteiger partial charge in [-0.1, -0.05) is 28.1 Å². The van der Waals surface area contributed by atoms with E-state index in [-0.39, 0.29) is 24.0 Å². The van der Waals surface area contributed by atoms with Gasteiger partial charge in [-0.3, -0.25) is 4.79 Å². The zero-order valence-electron chi connectivity index (χ0n) is 15.1. The van der Waals surface area contributed by atoms with Crippen LogP contribution in [0.4, 0.5) is 0 Å². The molecule has 26 heavy (non-hydrogen) atoms. The number of rotatable bonds is 8. The summed E-state index contributed by atoms with van der Waals surface area (Å²) in [5.74, 6) is 1.35. The van der Waals surface area contributed by atoms with Gasteiger partial charge in [-0.15, -0.1) is 0 Å². The molecule has 1 aliphatic rings. The highest BCUT2D eigenvalue weighted by molar-refractivity contribution is 9.10. The number of amides is 1. The van der Waals surface area contributed by atoms with Gasteiger partial charge < -0.3 is 14.8 Å². The molecule has 0 heterocycles. The molecule has 138 valence electrons. The first-order chi connectivity index (χ1) is 12.5. The minimum absolute atomic E-state index is 0.00867. The van der Waals surface area contributed by atoms with Gasteiger partial charge in [-0.25, -0.2) is 0 Å². The largest absolute Gasteiger partial charge is 0.494 e. The third kappa shape index (κ3) is 4.39. The van der Waals surface area contributed by atoms with Crippen LogP contribution in [0.25, 0.3) is 0 Å². The van der Waals surface area contributed by atoms with E-state index >= 15 is 0 Å². The zero-order chi connectivity index (χ0) is 18.6. The summed E-state index contributed by atoms with van der Waals surface area (Å²) >= 11 is 3.47. The molecule has 3 rings (SSSR count). The number of carbonyl (C=O) groups is 1. The Morgan fingerprint density at radius 2 is 1.65 bits per heavy atom. The molecule has 2 aromatic rings. The second-order valence-corrected chi connectivity index (χ2v) is 7.56. The quantitative estimate of drug-likeness (QED) is 0.689. The maximum Gasteiger partial charge on any atom is 0.258 e. The summed E-state index contributed by atoms with van der Waals surface area (Å²) in [5.41, 5.74) is 1.33. The van der Waals surface area contributed by atoms with E-state index in [2.05, 4.69) is 52.4 Å². The van der Waals surface area contributed by atoms with Crippen molar-refractivity contribution >= 4 is 21.8 Å². The zero-order valence-corrected chi connectivity index (χ0v) is 16.7. The SMILES string of the molecule is CCOc1ccc(OCC(=O)NC(C)C2(c3ccc(Br)cc3)CC2)cc1. The van der Waals surface area contributed by atoms with Crippen LogP contribution in [0.2, 0.25) is 0 Å². The molecule has 0 aliphatic heterocycles. The molecule has 4 nitrogen and oxygen atoms in total. The van der Waals surface area contributed by atoms with E-state index in [1.165, 1.54) is 5.56 Å². The summed E-state index contributed by atoms with van der Waals surface area (Å²) in [6, 6.07) is 15.8. The van der Waals surface area contributed by atoms with Crippen LogP contribution >= 0.6 is 15.9 Å². The number of ether oxygens (including phenoxy) is 2. The summed E-state index contributed by atoms with van der Waals surface area (Å²) in [6.07, 6.45) is 2.19. The lowest BCUT2D eigenvalue weighted by Gasteiger charge is -2.25. The van der Waals surface area contributed by atoms with E-state index in [9.17, 15) is 4.79 Å². The van der Waals surface area contributed by atoms with Crippen LogP contribution < -0.4 is 14.8 Å². The number of hydrogen-bond donors (Lipinski definition) is 1. The minimum Gasteiger partial charge on any atom is -0.494 e. The fourth-order valence-corrected chi connectivity index (χ4v) is 3.52.